The zero-order valence-electron chi connectivity index (χ0n) is 19.1. The summed E-state index contributed by atoms with van der Waals surface area (Å²) in [6, 6.07) is 14.8. The van der Waals surface area contributed by atoms with E-state index in [1.54, 1.807) is 13.2 Å². The first kappa shape index (κ1) is 23.9. The number of esters is 1. The largest absolute Gasteiger partial charge is 0.496 e. The van der Waals surface area contributed by atoms with Crippen molar-refractivity contribution in [3.05, 3.63) is 65.9 Å². The predicted octanol–water partition coefficient (Wildman–Crippen LogP) is 3.51. The maximum atomic E-state index is 13.1. The van der Waals surface area contributed by atoms with Crippen LogP contribution in [0.5, 0.6) is 5.75 Å². The summed E-state index contributed by atoms with van der Waals surface area (Å²) in [5.41, 5.74) is 1.42. The zero-order valence-corrected chi connectivity index (χ0v) is 19.9. The highest BCUT2D eigenvalue weighted by Crippen LogP contribution is 2.29. The molecule has 1 aliphatic heterocycles. The maximum absolute atomic E-state index is 13.1. The summed E-state index contributed by atoms with van der Waals surface area (Å²) < 4.78 is 49.2. The molecule has 0 radical (unpaired) electrons. The fourth-order valence-electron chi connectivity index (χ4n) is 3.84. The Kier molecular flexibility index (Phi) is 7.01. The van der Waals surface area contributed by atoms with Crippen molar-refractivity contribution in [2.45, 2.75) is 37.6 Å². The van der Waals surface area contributed by atoms with Crippen LogP contribution in [0, 0.1) is 0 Å². The van der Waals surface area contributed by atoms with Gasteiger partial charge in [0, 0.05) is 24.7 Å². The Morgan fingerprint density at radius 2 is 1.82 bits per heavy atom. The first-order chi connectivity index (χ1) is 16.3. The van der Waals surface area contributed by atoms with Crippen LogP contribution in [0.4, 0.5) is 0 Å². The fraction of sp³-hybridized carbons (Fsp3) is 0.333. The van der Waals surface area contributed by atoms with Crippen molar-refractivity contribution in [3.8, 4) is 17.0 Å². The van der Waals surface area contributed by atoms with E-state index < -0.39 is 16.0 Å². The van der Waals surface area contributed by atoms with Gasteiger partial charge in [0.25, 0.3) is 0 Å². The highest BCUT2D eigenvalue weighted by molar-refractivity contribution is 7.89. The molecule has 0 unspecified atom stereocenters. The molecular formula is C24H26N2O7S. The molecule has 180 valence electrons. The average Bonchev–Trinajstić information content (AvgIpc) is 3.31. The minimum atomic E-state index is -3.78. The molecule has 0 amide bonds. The van der Waals surface area contributed by atoms with Crippen LogP contribution < -0.4 is 4.74 Å². The number of rotatable bonds is 7. The monoisotopic (exact) mass is 486 g/mol. The van der Waals surface area contributed by atoms with Crippen molar-refractivity contribution in [2.75, 3.05) is 20.2 Å². The van der Waals surface area contributed by atoms with Crippen LogP contribution in [0.1, 0.15) is 30.0 Å². The number of para-hydroxylation sites is 1. The fourth-order valence-corrected chi connectivity index (χ4v) is 5.48. The Bertz CT molecular complexity index is 1260. The summed E-state index contributed by atoms with van der Waals surface area (Å²) in [7, 11) is -2.21. The van der Waals surface area contributed by atoms with E-state index in [1.807, 2.05) is 38.1 Å². The van der Waals surface area contributed by atoms with Gasteiger partial charge >= 0.3 is 5.97 Å². The third-order valence-corrected chi connectivity index (χ3v) is 7.21. The van der Waals surface area contributed by atoms with E-state index in [0.29, 0.717) is 17.2 Å². The molecule has 2 heterocycles. The second kappa shape index (κ2) is 9.96. The molecular weight excluding hydrogens is 460 g/mol. The topological polar surface area (TPSA) is 108 Å². The van der Waals surface area contributed by atoms with Crippen molar-refractivity contribution < 1.29 is 31.9 Å². The van der Waals surface area contributed by atoms with Gasteiger partial charge in [-0.3, -0.25) is 0 Å². The number of nitrogens with zero attached hydrogens (tertiary/aromatic N) is 2. The van der Waals surface area contributed by atoms with E-state index in [2.05, 4.69) is 5.16 Å². The van der Waals surface area contributed by atoms with Gasteiger partial charge in [-0.1, -0.05) is 23.4 Å². The Balaban J connectivity index is 1.45. The number of hydrogen-bond acceptors (Lipinski definition) is 8. The number of morpholine rings is 1. The van der Waals surface area contributed by atoms with E-state index in [4.69, 9.17) is 18.7 Å². The molecule has 2 aromatic carbocycles. The summed E-state index contributed by atoms with van der Waals surface area (Å²) in [5.74, 6) is 0.312. The van der Waals surface area contributed by atoms with Crippen molar-refractivity contribution in [1.82, 2.24) is 9.46 Å². The zero-order chi connectivity index (χ0) is 24.3. The SMILES string of the molecule is COc1ccccc1-c1cc(COC(=O)c2cccc(S(=O)(=O)N3C[C@@H](C)O[C@H](C)C3)c2)on1. The number of ether oxygens (including phenoxy) is 3. The van der Waals surface area contributed by atoms with Crippen LogP contribution in [0.2, 0.25) is 0 Å². The molecule has 0 spiro atoms. The lowest BCUT2D eigenvalue weighted by atomic mass is 10.1. The summed E-state index contributed by atoms with van der Waals surface area (Å²) in [4.78, 5) is 12.7. The van der Waals surface area contributed by atoms with Gasteiger partial charge in [0.15, 0.2) is 12.4 Å². The first-order valence-electron chi connectivity index (χ1n) is 10.8. The minimum absolute atomic E-state index is 0.0291. The number of aromatic nitrogens is 1. The van der Waals surface area contributed by atoms with E-state index in [0.717, 1.165) is 5.56 Å². The molecule has 3 aromatic rings. The van der Waals surface area contributed by atoms with E-state index >= 15 is 0 Å². The third kappa shape index (κ3) is 5.14. The van der Waals surface area contributed by atoms with Crippen LogP contribution in [-0.2, 0) is 26.1 Å². The number of carbonyl (C=O) groups excluding carboxylic acids is 1. The Morgan fingerprint density at radius 1 is 1.09 bits per heavy atom. The van der Waals surface area contributed by atoms with Crippen LogP contribution in [0.25, 0.3) is 11.3 Å². The summed E-state index contributed by atoms with van der Waals surface area (Å²) >= 11 is 0. The molecule has 9 nitrogen and oxygen atoms in total. The molecule has 0 aliphatic carbocycles. The van der Waals surface area contributed by atoms with Gasteiger partial charge in [0.2, 0.25) is 10.0 Å². The lowest BCUT2D eigenvalue weighted by molar-refractivity contribution is -0.0440. The smallest absolute Gasteiger partial charge is 0.338 e. The molecule has 1 aliphatic rings. The van der Waals surface area contributed by atoms with Gasteiger partial charge in [-0.15, -0.1) is 0 Å². The summed E-state index contributed by atoms with van der Waals surface area (Å²) in [6.07, 6.45) is -0.427. The van der Waals surface area contributed by atoms with Gasteiger partial charge in [0.1, 0.15) is 11.4 Å². The minimum Gasteiger partial charge on any atom is -0.496 e. The molecule has 1 aromatic heterocycles. The van der Waals surface area contributed by atoms with Crippen molar-refractivity contribution in [3.63, 3.8) is 0 Å². The molecule has 0 saturated carbocycles. The normalized spacial score (nSPS) is 19.0. The molecule has 34 heavy (non-hydrogen) atoms. The van der Waals surface area contributed by atoms with Crippen molar-refractivity contribution in [1.29, 1.82) is 0 Å². The molecule has 0 N–H and O–H groups in total. The Labute approximate surface area is 198 Å². The quantitative estimate of drug-likeness (QED) is 0.467. The Morgan fingerprint density at radius 3 is 2.56 bits per heavy atom. The van der Waals surface area contributed by atoms with Crippen molar-refractivity contribution in [2.24, 2.45) is 0 Å². The van der Waals surface area contributed by atoms with Crippen molar-refractivity contribution >= 4 is 16.0 Å². The number of carbonyl (C=O) groups is 1. The standard InChI is InChI=1S/C24H26N2O7S/c1-16-13-26(14-17(2)32-16)34(28,29)20-8-6-7-18(11-20)24(27)31-15-19-12-22(25-33-19)21-9-4-5-10-23(21)30-3/h4-12,16-17H,13-15H2,1-3H3/t16-,17-/m1/s1. The van der Waals surface area contributed by atoms with Gasteiger partial charge < -0.3 is 18.7 Å². The van der Waals surface area contributed by atoms with Gasteiger partial charge in [-0.25, -0.2) is 13.2 Å². The van der Waals surface area contributed by atoms with Gasteiger partial charge in [-0.2, -0.15) is 4.31 Å². The average molecular weight is 487 g/mol. The molecule has 4 rings (SSSR count). The number of hydrogen-bond donors (Lipinski definition) is 0. The summed E-state index contributed by atoms with van der Waals surface area (Å²) in [6.45, 7) is 4.00. The number of benzene rings is 2. The third-order valence-electron chi connectivity index (χ3n) is 5.38. The number of sulfonamides is 1. The van der Waals surface area contributed by atoms with Gasteiger partial charge in [0.05, 0.1) is 29.8 Å². The van der Waals surface area contributed by atoms with Crippen LogP contribution in [0.3, 0.4) is 0 Å². The van der Waals surface area contributed by atoms with Crippen LogP contribution >= 0.6 is 0 Å². The van der Waals surface area contributed by atoms with Gasteiger partial charge in [-0.05, 0) is 44.2 Å². The van der Waals surface area contributed by atoms with E-state index in [9.17, 15) is 13.2 Å². The summed E-state index contributed by atoms with van der Waals surface area (Å²) in [5, 5.41) is 4.01. The van der Waals surface area contributed by atoms with Crippen LogP contribution in [-0.4, -0.2) is 56.3 Å². The predicted molar refractivity (Wildman–Crippen MR) is 123 cm³/mol. The molecule has 1 fully saturated rings. The molecule has 1 saturated heterocycles. The lowest BCUT2D eigenvalue weighted by Gasteiger charge is -2.34. The van der Waals surface area contributed by atoms with Crippen LogP contribution in [0.15, 0.2) is 64.0 Å². The van der Waals surface area contributed by atoms with E-state index in [1.165, 1.54) is 28.6 Å². The second-order valence-corrected chi connectivity index (χ2v) is 10.00. The number of methoxy groups -OCH3 is 1. The Hall–Kier alpha value is -3.21. The molecule has 0 bridgehead atoms. The maximum Gasteiger partial charge on any atom is 0.338 e. The first-order valence-corrected chi connectivity index (χ1v) is 12.2. The highest BCUT2D eigenvalue weighted by atomic mass is 32.2. The highest BCUT2D eigenvalue weighted by Gasteiger charge is 2.32. The lowest BCUT2D eigenvalue weighted by Crippen LogP contribution is -2.48. The van der Waals surface area contributed by atoms with E-state index in [-0.39, 0.29) is 42.4 Å². The second-order valence-electron chi connectivity index (χ2n) is 8.06. The molecule has 2 atom stereocenters. The molecule has 10 heteroatoms.